The number of ether oxygens (including phenoxy) is 1. The number of carbonyl (C=O) groups excluding carboxylic acids is 2. The smallest absolute Gasteiger partial charge is 0.165 e. The van der Waals surface area contributed by atoms with Gasteiger partial charge in [0.1, 0.15) is 5.78 Å². The number of carbonyl (C=O) groups is 2. The number of methoxy groups -OCH3 is 1. The van der Waals surface area contributed by atoms with Crippen molar-refractivity contribution >= 4 is 11.6 Å². The molecule has 0 heterocycles. The molecule has 130 valence electrons. The van der Waals surface area contributed by atoms with Gasteiger partial charge in [-0.3, -0.25) is 9.59 Å². The molecule has 2 fully saturated rings. The molecule has 4 aliphatic carbocycles. The van der Waals surface area contributed by atoms with Gasteiger partial charge < -0.3 is 4.74 Å². The highest BCUT2D eigenvalue weighted by atomic mass is 16.5. The van der Waals surface area contributed by atoms with Crippen LogP contribution >= 0.6 is 0 Å². The minimum Gasteiger partial charge on any atom is -0.373 e. The van der Waals surface area contributed by atoms with Gasteiger partial charge in [-0.2, -0.15) is 0 Å². The van der Waals surface area contributed by atoms with Crippen molar-refractivity contribution in [3.63, 3.8) is 0 Å². The van der Waals surface area contributed by atoms with Crippen LogP contribution in [0.25, 0.3) is 0 Å². The van der Waals surface area contributed by atoms with Crippen molar-refractivity contribution in [1.29, 1.82) is 0 Å². The van der Waals surface area contributed by atoms with E-state index in [1.807, 2.05) is 13.2 Å². The molecule has 0 aromatic carbocycles. The summed E-state index contributed by atoms with van der Waals surface area (Å²) in [4.78, 5) is 24.8. The second-order valence-electron chi connectivity index (χ2n) is 8.77. The number of hydrogen-bond donors (Lipinski definition) is 0. The van der Waals surface area contributed by atoms with Gasteiger partial charge in [0, 0.05) is 24.9 Å². The first kappa shape index (κ1) is 16.3. The minimum absolute atomic E-state index is 0.0174. The number of allylic oxidation sites excluding steroid dienone is 3. The summed E-state index contributed by atoms with van der Waals surface area (Å²) >= 11 is 0. The summed E-state index contributed by atoms with van der Waals surface area (Å²) in [6.45, 7) is 6.55. The van der Waals surface area contributed by atoms with Crippen LogP contribution in [0.15, 0.2) is 23.3 Å². The first-order valence-electron chi connectivity index (χ1n) is 9.35. The van der Waals surface area contributed by atoms with E-state index < -0.39 is 0 Å². The average molecular weight is 328 g/mol. The molecule has 4 rings (SSSR count). The van der Waals surface area contributed by atoms with Gasteiger partial charge >= 0.3 is 0 Å². The van der Waals surface area contributed by atoms with E-state index in [4.69, 9.17) is 4.74 Å². The molecule has 3 heteroatoms. The monoisotopic (exact) mass is 328 g/mol. The lowest BCUT2D eigenvalue weighted by Crippen LogP contribution is -2.62. The quantitative estimate of drug-likeness (QED) is 0.730. The van der Waals surface area contributed by atoms with Gasteiger partial charge in [-0.1, -0.05) is 19.9 Å². The maximum Gasteiger partial charge on any atom is 0.165 e. The zero-order valence-corrected chi connectivity index (χ0v) is 15.3. The molecule has 0 bridgehead atoms. The van der Waals surface area contributed by atoms with E-state index in [-0.39, 0.29) is 28.1 Å². The van der Waals surface area contributed by atoms with Gasteiger partial charge in [0.15, 0.2) is 5.78 Å². The molecule has 3 nitrogen and oxygen atoms in total. The third-order valence-electron chi connectivity index (χ3n) is 8.13. The summed E-state index contributed by atoms with van der Waals surface area (Å²) < 4.78 is 6.31. The van der Waals surface area contributed by atoms with Crippen molar-refractivity contribution in [2.75, 3.05) is 7.11 Å². The van der Waals surface area contributed by atoms with Gasteiger partial charge in [0.05, 0.1) is 11.0 Å². The van der Waals surface area contributed by atoms with Crippen molar-refractivity contribution in [3.8, 4) is 0 Å². The first-order chi connectivity index (χ1) is 11.3. The summed E-state index contributed by atoms with van der Waals surface area (Å²) in [6, 6.07) is 0. The van der Waals surface area contributed by atoms with Crippen LogP contribution in [0.5, 0.6) is 0 Å². The second kappa shape index (κ2) is 4.91. The second-order valence-corrected chi connectivity index (χ2v) is 8.77. The topological polar surface area (TPSA) is 43.4 Å². The molecule has 0 saturated heterocycles. The van der Waals surface area contributed by atoms with E-state index in [9.17, 15) is 9.59 Å². The maximum absolute atomic E-state index is 12.4. The molecular weight excluding hydrogens is 300 g/mol. The van der Waals surface area contributed by atoms with Crippen LogP contribution in [-0.2, 0) is 14.3 Å². The fourth-order valence-corrected chi connectivity index (χ4v) is 6.51. The first-order valence-corrected chi connectivity index (χ1v) is 9.35. The van der Waals surface area contributed by atoms with Crippen LogP contribution in [-0.4, -0.2) is 24.3 Å². The van der Waals surface area contributed by atoms with Gasteiger partial charge in [0.25, 0.3) is 0 Å². The molecule has 24 heavy (non-hydrogen) atoms. The van der Waals surface area contributed by atoms with Gasteiger partial charge in [-0.15, -0.1) is 0 Å². The summed E-state index contributed by atoms with van der Waals surface area (Å²) in [7, 11) is 1.83. The van der Waals surface area contributed by atoms with E-state index in [2.05, 4.69) is 20.8 Å². The highest BCUT2D eigenvalue weighted by molar-refractivity contribution is 6.02. The van der Waals surface area contributed by atoms with Crippen LogP contribution in [0.3, 0.4) is 0 Å². The van der Waals surface area contributed by atoms with Crippen molar-refractivity contribution in [1.82, 2.24) is 0 Å². The highest BCUT2D eigenvalue weighted by Crippen LogP contribution is 2.65. The number of hydrogen-bond acceptors (Lipinski definition) is 3. The lowest BCUT2D eigenvalue weighted by atomic mass is 9.45. The third kappa shape index (κ3) is 1.67. The Bertz CT molecular complexity index is 687. The van der Waals surface area contributed by atoms with Crippen molar-refractivity contribution in [3.05, 3.63) is 23.3 Å². The molecule has 0 amide bonds. The fourth-order valence-electron chi connectivity index (χ4n) is 6.51. The minimum atomic E-state index is -0.351. The Kier molecular flexibility index (Phi) is 3.32. The molecule has 4 aliphatic rings. The Morgan fingerprint density at radius 3 is 2.54 bits per heavy atom. The van der Waals surface area contributed by atoms with Crippen molar-refractivity contribution in [2.45, 2.75) is 64.9 Å². The summed E-state index contributed by atoms with van der Waals surface area (Å²) in [5.41, 5.74) is 1.88. The highest BCUT2D eigenvalue weighted by Gasteiger charge is 2.64. The average Bonchev–Trinajstić information content (AvgIpc) is 2.87. The molecule has 0 radical (unpaired) electrons. The molecule has 0 aromatic rings. The largest absolute Gasteiger partial charge is 0.373 e. The summed E-state index contributed by atoms with van der Waals surface area (Å²) in [5, 5.41) is 0. The molecule has 0 aromatic heterocycles. The Morgan fingerprint density at radius 2 is 1.83 bits per heavy atom. The number of rotatable bonds is 1. The molecule has 5 atom stereocenters. The number of Topliss-reactive ketones (excluding diaryl/α,β-unsaturated/α-hetero) is 1. The molecular formula is C21H28O3. The number of ketones is 2. The molecule has 2 saturated carbocycles. The lowest BCUT2D eigenvalue weighted by molar-refractivity contribution is -0.171. The SMILES string of the molecule is COC12CCC3(C)C(=O)C=CC3=C1CCC1C(C)C(=O)CCC12C. The van der Waals surface area contributed by atoms with Crippen molar-refractivity contribution < 1.29 is 14.3 Å². The number of fused-ring (bicyclic) bond motifs is 4. The van der Waals surface area contributed by atoms with E-state index in [1.165, 1.54) is 11.1 Å². The fraction of sp³-hybridized carbons (Fsp3) is 0.714. The molecule has 5 unspecified atom stereocenters. The van der Waals surface area contributed by atoms with E-state index in [1.54, 1.807) is 6.08 Å². The van der Waals surface area contributed by atoms with E-state index >= 15 is 0 Å². The van der Waals surface area contributed by atoms with Gasteiger partial charge in [-0.05, 0) is 62.2 Å². The van der Waals surface area contributed by atoms with Crippen LogP contribution < -0.4 is 0 Å². The standard InChI is InChI=1S/C21H28O3/c1-13-14-5-6-16-15-7-8-18(23)19(15,2)11-12-21(16,24-4)20(14,3)10-9-17(13)22/h7-8,13-14H,5-6,9-12H2,1-4H3. The summed E-state index contributed by atoms with van der Waals surface area (Å²) in [6.07, 6.45) is 9.09. The van der Waals surface area contributed by atoms with Gasteiger partial charge in [0.2, 0.25) is 0 Å². The lowest BCUT2D eigenvalue weighted by Gasteiger charge is -2.62. The van der Waals surface area contributed by atoms with Crippen LogP contribution in [0.1, 0.15) is 59.3 Å². The van der Waals surface area contributed by atoms with E-state index in [0.717, 1.165) is 32.1 Å². The third-order valence-corrected chi connectivity index (χ3v) is 8.13. The Hall–Kier alpha value is -1.22. The molecule has 0 aliphatic heterocycles. The van der Waals surface area contributed by atoms with Crippen LogP contribution in [0, 0.1) is 22.7 Å². The zero-order chi connectivity index (χ0) is 17.3. The molecule has 0 spiro atoms. The van der Waals surface area contributed by atoms with Crippen LogP contribution in [0.2, 0.25) is 0 Å². The Labute approximate surface area is 144 Å². The Morgan fingerprint density at radius 1 is 1.08 bits per heavy atom. The Balaban J connectivity index is 1.89. The maximum atomic E-state index is 12.4. The summed E-state index contributed by atoms with van der Waals surface area (Å²) in [5.74, 6) is 1.16. The normalized spacial score (nSPS) is 47.5. The van der Waals surface area contributed by atoms with Crippen molar-refractivity contribution in [2.24, 2.45) is 22.7 Å². The van der Waals surface area contributed by atoms with Crippen LogP contribution in [0.4, 0.5) is 0 Å². The van der Waals surface area contributed by atoms with E-state index in [0.29, 0.717) is 18.1 Å². The molecule has 0 N–H and O–H groups in total. The zero-order valence-electron chi connectivity index (χ0n) is 15.3. The van der Waals surface area contributed by atoms with Gasteiger partial charge in [-0.25, -0.2) is 0 Å². The predicted molar refractivity (Wildman–Crippen MR) is 92.5 cm³/mol. The predicted octanol–water partition coefficient (Wildman–Crippen LogP) is 4.02.